The number of halogens is 2. The van der Waals surface area contributed by atoms with Crippen molar-refractivity contribution in [2.45, 2.75) is 25.3 Å². The number of aryl methyl sites for hydroxylation is 2. The first kappa shape index (κ1) is 18.4. The van der Waals surface area contributed by atoms with Gasteiger partial charge in [0.15, 0.2) is 0 Å². The zero-order valence-electron chi connectivity index (χ0n) is 14.2. The molecular weight excluding hydrogens is 377 g/mol. The Morgan fingerprint density at radius 1 is 1.19 bits per heavy atom. The standard InChI is InChI=1S/C18H17ClFN3O2S/c1-12-3-4-13(2)18(7-12)26(24,25)22-16-9-21-23(11-16)10-14-5-6-15(20)8-17(14)19/h3-9,11,22H,10H2,1-2H3. The van der Waals surface area contributed by atoms with Gasteiger partial charge in [0, 0.05) is 11.2 Å². The Kier molecular flexibility index (Phi) is 5.02. The van der Waals surface area contributed by atoms with Crippen molar-refractivity contribution >= 4 is 27.3 Å². The van der Waals surface area contributed by atoms with Crippen molar-refractivity contribution in [1.82, 2.24) is 9.78 Å². The molecule has 0 saturated heterocycles. The van der Waals surface area contributed by atoms with Crippen LogP contribution in [0.25, 0.3) is 0 Å². The third-order valence-electron chi connectivity index (χ3n) is 3.87. The lowest BCUT2D eigenvalue weighted by Gasteiger charge is -2.09. The second-order valence-electron chi connectivity index (χ2n) is 6.04. The van der Waals surface area contributed by atoms with Gasteiger partial charge in [-0.1, -0.05) is 29.8 Å². The topological polar surface area (TPSA) is 64.0 Å². The van der Waals surface area contributed by atoms with Crippen molar-refractivity contribution < 1.29 is 12.8 Å². The number of anilines is 1. The van der Waals surface area contributed by atoms with Crippen LogP contribution in [0.2, 0.25) is 5.02 Å². The highest BCUT2D eigenvalue weighted by molar-refractivity contribution is 7.92. The van der Waals surface area contributed by atoms with Gasteiger partial charge in [-0.15, -0.1) is 0 Å². The molecule has 0 saturated carbocycles. The molecule has 0 amide bonds. The summed E-state index contributed by atoms with van der Waals surface area (Å²) < 4.78 is 42.4. The number of nitrogens with zero attached hydrogens (tertiary/aromatic N) is 2. The maximum Gasteiger partial charge on any atom is 0.262 e. The summed E-state index contributed by atoms with van der Waals surface area (Å²) in [4.78, 5) is 0.229. The van der Waals surface area contributed by atoms with Crippen LogP contribution >= 0.6 is 11.6 Å². The van der Waals surface area contributed by atoms with Crippen molar-refractivity contribution in [3.63, 3.8) is 0 Å². The summed E-state index contributed by atoms with van der Waals surface area (Å²) >= 11 is 6.01. The number of aromatic nitrogens is 2. The molecule has 0 atom stereocenters. The Morgan fingerprint density at radius 2 is 1.96 bits per heavy atom. The van der Waals surface area contributed by atoms with E-state index >= 15 is 0 Å². The molecule has 3 aromatic rings. The number of benzene rings is 2. The first-order valence-corrected chi connectivity index (χ1v) is 9.67. The summed E-state index contributed by atoms with van der Waals surface area (Å²) in [6.45, 7) is 3.88. The van der Waals surface area contributed by atoms with E-state index in [1.54, 1.807) is 31.3 Å². The molecule has 0 spiro atoms. The van der Waals surface area contributed by atoms with E-state index in [-0.39, 0.29) is 9.92 Å². The van der Waals surface area contributed by atoms with E-state index < -0.39 is 15.8 Å². The molecule has 0 bridgehead atoms. The Labute approximate surface area is 156 Å². The van der Waals surface area contributed by atoms with Crippen molar-refractivity contribution in [1.29, 1.82) is 0 Å². The predicted molar refractivity (Wildman–Crippen MR) is 99.5 cm³/mol. The average Bonchev–Trinajstić information content (AvgIpc) is 2.98. The largest absolute Gasteiger partial charge is 0.276 e. The van der Waals surface area contributed by atoms with Crippen LogP contribution in [0.5, 0.6) is 0 Å². The highest BCUT2D eigenvalue weighted by Crippen LogP contribution is 2.22. The molecule has 26 heavy (non-hydrogen) atoms. The molecular formula is C18H17ClFN3O2S. The van der Waals surface area contributed by atoms with Gasteiger partial charge in [-0.25, -0.2) is 12.8 Å². The molecule has 0 aliphatic heterocycles. The molecule has 0 radical (unpaired) electrons. The molecule has 0 unspecified atom stereocenters. The molecule has 136 valence electrons. The fourth-order valence-corrected chi connectivity index (χ4v) is 4.12. The number of rotatable bonds is 5. The highest BCUT2D eigenvalue weighted by atomic mass is 35.5. The quantitative estimate of drug-likeness (QED) is 0.708. The van der Waals surface area contributed by atoms with Crippen molar-refractivity contribution in [3.05, 3.63) is 76.3 Å². The summed E-state index contributed by atoms with van der Waals surface area (Å²) in [7, 11) is -3.72. The van der Waals surface area contributed by atoms with Gasteiger partial charge >= 0.3 is 0 Å². The van der Waals surface area contributed by atoms with Crippen LogP contribution in [0.4, 0.5) is 10.1 Å². The Morgan fingerprint density at radius 3 is 2.69 bits per heavy atom. The number of sulfonamides is 1. The minimum Gasteiger partial charge on any atom is -0.276 e. The molecule has 8 heteroatoms. The first-order chi connectivity index (χ1) is 12.2. The number of hydrogen-bond acceptors (Lipinski definition) is 3. The van der Waals surface area contributed by atoms with Crippen LogP contribution in [-0.2, 0) is 16.6 Å². The fraction of sp³-hybridized carbons (Fsp3) is 0.167. The monoisotopic (exact) mass is 393 g/mol. The molecule has 0 fully saturated rings. The third kappa shape index (κ3) is 4.05. The molecule has 0 aliphatic carbocycles. The van der Waals surface area contributed by atoms with Gasteiger partial charge in [-0.05, 0) is 48.7 Å². The van der Waals surface area contributed by atoms with Gasteiger partial charge in [-0.3, -0.25) is 9.40 Å². The normalized spacial score (nSPS) is 11.5. The molecule has 0 aliphatic rings. The van der Waals surface area contributed by atoms with Crippen LogP contribution in [0.1, 0.15) is 16.7 Å². The maximum absolute atomic E-state index is 13.1. The maximum atomic E-state index is 13.1. The van der Waals surface area contributed by atoms with Gasteiger partial charge in [0.2, 0.25) is 0 Å². The summed E-state index contributed by atoms with van der Waals surface area (Å²) in [5.41, 5.74) is 2.54. The van der Waals surface area contributed by atoms with E-state index in [1.807, 2.05) is 13.0 Å². The van der Waals surface area contributed by atoms with Crippen molar-refractivity contribution in [3.8, 4) is 0 Å². The Balaban J connectivity index is 1.80. The minimum absolute atomic E-state index is 0.229. The van der Waals surface area contributed by atoms with Crippen molar-refractivity contribution in [2.24, 2.45) is 0 Å². The predicted octanol–water partition coefficient (Wildman–Crippen LogP) is 4.14. The van der Waals surface area contributed by atoms with E-state index in [0.29, 0.717) is 23.4 Å². The zero-order chi connectivity index (χ0) is 18.9. The molecule has 2 aromatic carbocycles. The smallest absolute Gasteiger partial charge is 0.262 e. The van der Waals surface area contributed by atoms with Crippen LogP contribution < -0.4 is 4.72 Å². The Bertz CT molecular complexity index is 1060. The van der Waals surface area contributed by atoms with Gasteiger partial charge < -0.3 is 0 Å². The molecule has 3 rings (SSSR count). The van der Waals surface area contributed by atoms with Gasteiger partial charge in [-0.2, -0.15) is 5.10 Å². The Hall–Kier alpha value is -2.38. The fourth-order valence-electron chi connectivity index (χ4n) is 2.53. The van der Waals surface area contributed by atoms with Crippen LogP contribution in [0.3, 0.4) is 0 Å². The van der Waals surface area contributed by atoms with E-state index in [0.717, 1.165) is 5.56 Å². The summed E-state index contributed by atoms with van der Waals surface area (Å²) in [5.74, 6) is -0.416. The third-order valence-corrected chi connectivity index (χ3v) is 5.74. The average molecular weight is 394 g/mol. The van der Waals surface area contributed by atoms with Crippen LogP contribution in [0, 0.1) is 19.7 Å². The second-order valence-corrected chi connectivity index (χ2v) is 8.09. The van der Waals surface area contributed by atoms with E-state index in [1.165, 1.54) is 23.0 Å². The SMILES string of the molecule is Cc1ccc(C)c(S(=O)(=O)Nc2cnn(Cc3ccc(F)cc3Cl)c2)c1. The summed E-state index contributed by atoms with van der Waals surface area (Å²) in [6, 6.07) is 9.36. The van der Waals surface area contributed by atoms with Gasteiger partial charge in [0.05, 0.1) is 23.3 Å². The lowest BCUT2D eigenvalue weighted by molar-refractivity contribution is 0.600. The van der Waals surface area contributed by atoms with E-state index in [2.05, 4.69) is 9.82 Å². The summed E-state index contributed by atoms with van der Waals surface area (Å²) in [5, 5.41) is 4.42. The highest BCUT2D eigenvalue weighted by Gasteiger charge is 2.18. The van der Waals surface area contributed by atoms with Gasteiger partial charge in [0.25, 0.3) is 10.0 Å². The molecule has 1 heterocycles. The molecule has 1 N–H and O–H groups in total. The number of nitrogens with one attached hydrogen (secondary N) is 1. The first-order valence-electron chi connectivity index (χ1n) is 7.81. The van der Waals surface area contributed by atoms with Crippen LogP contribution in [0.15, 0.2) is 53.7 Å². The molecule has 1 aromatic heterocycles. The lowest BCUT2D eigenvalue weighted by Crippen LogP contribution is -2.14. The minimum atomic E-state index is -3.72. The second kappa shape index (κ2) is 7.09. The van der Waals surface area contributed by atoms with Crippen LogP contribution in [-0.4, -0.2) is 18.2 Å². The number of hydrogen-bond donors (Lipinski definition) is 1. The van der Waals surface area contributed by atoms with Crippen molar-refractivity contribution in [2.75, 3.05) is 4.72 Å². The summed E-state index contributed by atoms with van der Waals surface area (Å²) in [6.07, 6.45) is 2.97. The lowest BCUT2D eigenvalue weighted by atomic mass is 10.2. The van der Waals surface area contributed by atoms with Gasteiger partial charge in [0.1, 0.15) is 5.82 Å². The molecule has 5 nitrogen and oxygen atoms in total. The van der Waals surface area contributed by atoms with E-state index in [9.17, 15) is 12.8 Å². The van der Waals surface area contributed by atoms with E-state index in [4.69, 9.17) is 11.6 Å². The zero-order valence-corrected chi connectivity index (χ0v) is 15.8.